The van der Waals surface area contributed by atoms with Gasteiger partial charge >= 0.3 is 0 Å². The number of carbonyl (C=O) groups excluding carboxylic acids is 1. The zero-order valence-electron chi connectivity index (χ0n) is 14.5. The van der Waals surface area contributed by atoms with Crippen LogP contribution in [-0.4, -0.2) is 24.8 Å². The quantitative estimate of drug-likeness (QED) is 0.505. The minimum atomic E-state index is -3.64. The molecule has 0 radical (unpaired) electrons. The van der Waals surface area contributed by atoms with Crippen LogP contribution in [0.15, 0.2) is 76.0 Å². The van der Waals surface area contributed by atoms with Gasteiger partial charge in [0.05, 0.1) is 4.90 Å². The molecule has 0 aliphatic heterocycles. The Morgan fingerprint density at radius 3 is 2.63 bits per heavy atom. The fraction of sp³-hybridized carbons (Fsp3) is 0.211. The third kappa shape index (κ3) is 5.12. The molecule has 0 saturated heterocycles. The van der Waals surface area contributed by atoms with E-state index in [-0.39, 0.29) is 10.1 Å². The maximum Gasteiger partial charge on any atom is 0.270 e. The molecule has 1 amide bonds. The Hall–Kier alpha value is -2.29. The number of benzene rings is 2. The Kier molecular flexibility index (Phi) is 6.20. The van der Waals surface area contributed by atoms with Crippen molar-refractivity contribution in [3.63, 3.8) is 0 Å². The standard InChI is InChI=1S/C19H20N2O4S2/c22-19(20-23)14-6-4-8-16(12-14)26-17-9-5-7-15(13-17)21-27(24,25)18-10-2-1-3-11-18/h1-3,5,7,9-13,16,21,23H,4,6,8H2,(H,20,22). The number of sulfonamides is 1. The van der Waals surface area contributed by atoms with Gasteiger partial charge in [-0.3, -0.25) is 14.7 Å². The largest absolute Gasteiger partial charge is 0.288 e. The summed E-state index contributed by atoms with van der Waals surface area (Å²) in [7, 11) is -3.64. The molecule has 142 valence electrons. The highest BCUT2D eigenvalue weighted by atomic mass is 32.2. The van der Waals surface area contributed by atoms with Gasteiger partial charge in [0.25, 0.3) is 15.9 Å². The number of hydroxylamine groups is 1. The van der Waals surface area contributed by atoms with Crippen molar-refractivity contribution in [2.24, 2.45) is 0 Å². The van der Waals surface area contributed by atoms with Crippen molar-refractivity contribution in [3.8, 4) is 0 Å². The molecule has 3 rings (SSSR count). The molecule has 0 fully saturated rings. The van der Waals surface area contributed by atoms with Gasteiger partial charge in [0.15, 0.2) is 0 Å². The SMILES string of the molecule is O=C(NO)C1=CC(Sc2cccc(NS(=O)(=O)c3ccccc3)c2)CCC1. The van der Waals surface area contributed by atoms with Gasteiger partial charge in [-0.25, -0.2) is 13.9 Å². The van der Waals surface area contributed by atoms with Crippen LogP contribution in [0.4, 0.5) is 5.69 Å². The van der Waals surface area contributed by atoms with E-state index in [0.29, 0.717) is 17.7 Å². The molecule has 27 heavy (non-hydrogen) atoms. The molecule has 1 atom stereocenters. The van der Waals surface area contributed by atoms with Crippen LogP contribution in [0.1, 0.15) is 19.3 Å². The maximum absolute atomic E-state index is 12.5. The van der Waals surface area contributed by atoms with Crippen molar-refractivity contribution >= 4 is 33.4 Å². The van der Waals surface area contributed by atoms with Gasteiger partial charge in [-0.2, -0.15) is 0 Å². The van der Waals surface area contributed by atoms with Crippen LogP contribution in [0.3, 0.4) is 0 Å². The lowest BCUT2D eigenvalue weighted by Gasteiger charge is -2.20. The lowest BCUT2D eigenvalue weighted by molar-refractivity contribution is -0.125. The number of carbonyl (C=O) groups is 1. The molecule has 0 saturated carbocycles. The molecular formula is C19H20N2O4S2. The topological polar surface area (TPSA) is 95.5 Å². The van der Waals surface area contributed by atoms with E-state index >= 15 is 0 Å². The molecule has 3 N–H and O–H groups in total. The van der Waals surface area contributed by atoms with E-state index in [2.05, 4.69) is 4.72 Å². The highest BCUT2D eigenvalue weighted by molar-refractivity contribution is 8.00. The number of nitrogens with one attached hydrogen (secondary N) is 2. The molecule has 1 aliphatic carbocycles. The second kappa shape index (κ2) is 8.60. The van der Waals surface area contributed by atoms with Crippen LogP contribution in [0.25, 0.3) is 0 Å². The Morgan fingerprint density at radius 1 is 1.11 bits per heavy atom. The molecule has 1 aliphatic rings. The van der Waals surface area contributed by atoms with E-state index in [1.807, 2.05) is 12.1 Å². The summed E-state index contributed by atoms with van der Waals surface area (Å²) in [5.41, 5.74) is 2.73. The molecule has 2 aromatic rings. The first-order valence-electron chi connectivity index (χ1n) is 8.47. The number of hydrogen-bond acceptors (Lipinski definition) is 5. The number of anilines is 1. The minimum absolute atomic E-state index is 0.0898. The van der Waals surface area contributed by atoms with Crippen LogP contribution < -0.4 is 10.2 Å². The van der Waals surface area contributed by atoms with Gasteiger partial charge in [-0.15, -0.1) is 11.8 Å². The minimum Gasteiger partial charge on any atom is -0.288 e. The van der Waals surface area contributed by atoms with Crippen molar-refractivity contribution in [1.82, 2.24) is 5.48 Å². The van der Waals surface area contributed by atoms with Crippen LogP contribution in [0.5, 0.6) is 0 Å². The monoisotopic (exact) mass is 404 g/mol. The number of amides is 1. The molecule has 0 bridgehead atoms. The van der Waals surface area contributed by atoms with Gasteiger partial charge in [0.2, 0.25) is 0 Å². The average Bonchev–Trinajstić information content (AvgIpc) is 2.68. The molecule has 6 nitrogen and oxygen atoms in total. The fourth-order valence-electron chi connectivity index (χ4n) is 2.86. The van der Waals surface area contributed by atoms with Crippen LogP contribution >= 0.6 is 11.8 Å². The Labute approximate surface area is 162 Å². The summed E-state index contributed by atoms with van der Waals surface area (Å²) in [6, 6.07) is 15.4. The third-order valence-electron chi connectivity index (χ3n) is 4.14. The van der Waals surface area contributed by atoms with Crippen molar-refractivity contribution in [3.05, 3.63) is 66.2 Å². The van der Waals surface area contributed by atoms with E-state index in [1.54, 1.807) is 65.8 Å². The van der Waals surface area contributed by atoms with Gasteiger partial charge in [-0.05, 0) is 49.6 Å². The van der Waals surface area contributed by atoms with Gasteiger partial charge < -0.3 is 0 Å². The summed E-state index contributed by atoms with van der Waals surface area (Å²) in [6.45, 7) is 0. The number of hydrogen-bond donors (Lipinski definition) is 3. The highest BCUT2D eigenvalue weighted by Crippen LogP contribution is 2.33. The zero-order chi connectivity index (χ0) is 19.3. The van der Waals surface area contributed by atoms with E-state index in [9.17, 15) is 13.2 Å². The van der Waals surface area contributed by atoms with Crippen molar-refractivity contribution < 1.29 is 18.4 Å². The van der Waals surface area contributed by atoms with Crippen LogP contribution in [0.2, 0.25) is 0 Å². The molecule has 0 aromatic heterocycles. The van der Waals surface area contributed by atoms with Crippen LogP contribution in [-0.2, 0) is 14.8 Å². The normalized spacial score (nSPS) is 17.1. The first-order chi connectivity index (χ1) is 13.0. The highest BCUT2D eigenvalue weighted by Gasteiger charge is 2.19. The molecule has 1 unspecified atom stereocenters. The van der Waals surface area contributed by atoms with E-state index in [0.717, 1.165) is 17.7 Å². The third-order valence-corrected chi connectivity index (χ3v) is 6.74. The molecule has 0 spiro atoms. The second-order valence-corrected chi connectivity index (χ2v) is 9.12. The zero-order valence-corrected chi connectivity index (χ0v) is 16.1. The summed E-state index contributed by atoms with van der Waals surface area (Å²) in [6.07, 6.45) is 4.27. The molecule has 2 aromatic carbocycles. The van der Waals surface area contributed by atoms with Gasteiger partial charge in [0, 0.05) is 21.4 Å². The lowest BCUT2D eigenvalue weighted by atomic mass is 9.99. The lowest BCUT2D eigenvalue weighted by Crippen LogP contribution is -2.23. The first kappa shape index (κ1) is 19.5. The summed E-state index contributed by atoms with van der Waals surface area (Å²) in [4.78, 5) is 12.7. The fourth-order valence-corrected chi connectivity index (χ4v) is 5.15. The predicted octanol–water partition coefficient (Wildman–Crippen LogP) is 3.56. The molecular weight excluding hydrogens is 384 g/mol. The van der Waals surface area contributed by atoms with Crippen molar-refractivity contribution in [2.75, 3.05) is 4.72 Å². The van der Waals surface area contributed by atoms with Crippen molar-refractivity contribution in [2.45, 2.75) is 34.3 Å². The average molecular weight is 405 g/mol. The number of rotatable bonds is 6. The van der Waals surface area contributed by atoms with Crippen LogP contribution in [0, 0.1) is 0 Å². The van der Waals surface area contributed by atoms with E-state index in [4.69, 9.17) is 5.21 Å². The summed E-state index contributed by atoms with van der Waals surface area (Å²) >= 11 is 1.56. The Morgan fingerprint density at radius 2 is 1.89 bits per heavy atom. The molecule has 8 heteroatoms. The van der Waals surface area contributed by atoms with Gasteiger partial charge in [0.1, 0.15) is 0 Å². The van der Waals surface area contributed by atoms with E-state index < -0.39 is 15.9 Å². The van der Waals surface area contributed by atoms with Crippen molar-refractivity contribution in [1.29, 1.82) is 0 Å². The first-order valence-corrected chi connectivity index (χ1v) is 10.8. The summed E-state index contributed by atoms with van der Waals surface area (Å²) < 4.78 is 27.5. The summed E-state index contributed by atoms with van der Waals surface area (Å²) in [5, 5.41) is 8.88. The number of thioether (sulfide) groups is 1. The smallest absolute Gasteiger partial charge is 0.270 e. The Bertz CT molecular complexity index is 943. The Balaban J connectivity index is 1.74. The van der Waals surface area contributed by atoms with Gasteiger partial charge in [-0.1, -0.05) is 30.3 Å². The maximum atomic E-state index is 12.5. The van der Waals surface area contributed by atoms with E-state index in [1.165, 1.54) is 0 Å². The summed E-state index contributed by atoms with van der Waals surface area (Å²) in [5.74, 6) is -0.468. The predicted molar refractivity (Wildman–Crippen MR) is 105 cm³/mol. The second-order valence-electron chi connectivity index (χ2n) is 6.13. The molecule has 0 heterocycles.